The van der Waals surface area contributed by atoms with E-state index < -0.39 is 0 Å². The van der Waals surface area contributed by atoms with E-state index in [1.54, 1.807) is 0 Å². The van der Waals surface area contributed by atoms with Crippen molar-refractivity contribution < 1.29 is 4.74 Å². The minimum absolute atomic E-state index is 0.424. The van der Waals surface area contributed by atoms with Gasteiger partial charge in [-0.1, -0.05) is 0 Å². The zero-order valence-electron chi connectivity index (χ0n) is 10.1. The van der Waals surface area contributed by atoms with Gasteiger partial charge in [0.15, 0.2) is 0 Å². The summed E-state index contributed by atoms with van der Waals surface area (Å²) < 4.78 is 7.43. The Hall–Kier alpha value is -1.03. The molecule has 1 aliphatic heterocycles. The number of nitrogens with one attached hydrogen (secondary N) is 1. The summed E-state index contributed by atoms with van der Waals surface area (Å²) in [7, 11) is 0. The van der Waals surface area contributed by atoms with Crippen LogP contribution in [0.3, 0.4) is 0 Å². The van der Waals surface area contributed by atoms with E-state index in [1.807, 2.05) is 10.9 Å². The smallest absolute Gasteiger partial charge is 0.0728 e. The first-order valence-electron chi connectivity index (χ1n) is 6.14. The van der Waals surface area contributed by atoms with Crippen LogP contribution >= 0.6 is 0 Å². The van der Waals surface area contributed by atoms with Gasteiger partial charge in [-0.2, -0.15) is 5.10 Å². The second-order valence-corrected chi connectivity index (χ2v) is 4.69. The highest BCUT2D eigenvalue weighted by atomic mass is 16.5. The summed E-state index contributed by atoms with van der Waals surface area (Å²) in [4.78, 5) is 0. The molecule has 0 amide bonds. The van der Waals surface area contributed by atoms with Crippen LogP contribution in [0.5, 0.6) is 0 Å². The molecule has 1 fully saturated rings. The van der Waals surface area contributed by atoms with Crippen molar-refractivity contribution in [3.63, 3.8) is 0 Å². The van der Waals surface area contributed by atoms with Crippen molar-refractivity contribution in [3.05, 3.63) is 12.4 Å². The molecule has 16 heavy (non-hydrogen) atoms. The summed E-state index contributed by atoms with van der Waals surface area (Å²) in [6.07, 6.45) is 7.41. The molecule has 0 aromatic carbocycles. The molecule has 90 valence electrons. The average Bonchev–Trinajstić information content (AvgIpc) is 2.56. The Balaban J connectivity index is 1.91. The molecule has 1 aromatic heterocycles. The van der Waals surface area contributed by atoms with Crippen molar-refractivity contribution >= 4 is 5.69 Å². The molecule has 1 aromatic rings. The SMILES string of the molecule is CC(C)n1cc(NC2CCCOCC2)cn1. The molecule has 1 atom stereocenters. The predicted octanol–water partition coefficient (Wildman–Crippen LogP) is 2.45. The summed E-state index contributed by atoms with van der Waals surface area (Å²) in [5, 5.41) is 7.86. The van der Waals surface area contributed by atoms with Crippen molar-refractivity contribution in [2.45, 2.75) is 45.2 Å². The molecule has 2 rings (SSSR count). The van der Waals surface area contributed by atoms with Crippen LogP contribution in [0.15, 0.2) is 12.4 Å². The van der Waals surface area contributed by atoms with Gasteiger partial charge in [-0.05, 0) is 33.1 Å². The van der Waals surface area contributed by atoms with Crippen molar-refractivity contribution in [1.82, 2.24) is 9.78 Å². The quantitative estimate of drug-likeness (QED) is 0.855. The van der Waals surface area contributed by atoms with Gasteiger partial charge < -0.3 is 10.1 Å². The minimum Gasteiger partial charge on any atom is -0.381 e. The van der Waals surface area contributed by atoms with Crippen LogP contribution in [0.2, 0.25) is 0 Å². The number of hydrogen-bond acceptors (Lipinski definition) is 3. The number of anilines is 1. The van der Waals surface area contributed by atoms with E-state index in [2.05, 4.69) is 30.5 Å². The minimum atomic E-state index is 0.424. The third-order valence-electron chi connectivity index (χ3n) is 2.95. The van der Waals surface area contributed by atoms with E-state index >= 15 is 0 Å². The molecule has 0 radical (unpaired) electrons. The Bertz CT molecular complexity index is 314. The van der Waals surface area contributed by atoms with Crippen LogP contribution < -0.4 is 5.32 Å². The highest BCUT2D eigenvalue weighted by Gasteiger charge is 2.13. The Labute approximate surface area is 97.0 Å². The lowest BCUT2D eigenvalue weighted by Crippen LogP contribution is -2.19. The first kappa shape index (κ1) is 11.5. The first-order valence-corrected chi connectivity index (χ1v) is 6.14. The molecule has 4 heteroatoms. The highest BCUT2D eigenvalue weighted by Crippen LogP contribution is 2.16. The van der Waals surface area contributed by atoms with E-state index in [1.165, 1.54) is 6.42 Å². The molecule has 0 aliphatic carbocycles. The van der Waals surface area contributed by atoms with Gasteiger partial charge in [0.2, 0.25) is 0 Å². The van der Waals surface area contributed by atoms with Crippen molar-refractivity contribution in [2.24, 2.45) is 0 Å². The Morgan fingerprint density at radius 1 is 1.44 bits per heavy atom. The zero-order chi connectivity index (χ0) is 11.4. The van der Waals surface area contributed by atoms with Crippen LogP contribution in [0, 0.1) is 0 Å². The van der Waals surface area contributed by atoms with E-state index in [0.29, 0.717) is 12.1 Å². The van der Waals surface area contributed by atoms with E-state index in [4.69, 9.17) is 4.74 Å². The third-order valence-corrected chi connectivity index (χ3v) is 2.95. The summed E-state index contributed by atoms with van der Waals surface area (Å²) in [5.74, 6) is 0. The summed E-state index contributed by atoms with van der Waals surface area (Å²) in [6, 6.07) is 0.959. The largest absolute Gasteiger partial charge is 0.381 e. The predicted molar refractivity (Wildman–Crippen MR) is 64.7 cm³/mol. The highest BCUT2D eigenvalue weighted by molar-refractivity contribution is 5.39. The molecule has 1 aliphatic rings. The molecule has 0 bridgehead atoms. The molecule has 1 N–H and O–H groups in total. The van der Waals surface area contributed by atoms with Crippen molar-refractivity contribution in [2.75, 3.05) is 18.5 Å². The normalized spacial score (nSPS) is 22.1. The fraction of sp³-hybridized carbons (Fsp3) is 0.750. The number of nitrogens with zero attached hydrogens (tertiary/aromatic N) is 2. The Morgan fingerprint density at radius 2 is 2.31 bits per heavy atom. The standard InChI is InChI=1S/C12H21N3O/c1-10(2)15-9-12(8-13-15)14-11-4-3-6-16-7-5-11/h8-11,14H,3-7H2,1-2H3. The summed E-state index contributed by atoms with van der Waals surface area (Å²) >= 11 is 0. The van der Waals surface area contributed by atoms with Crippen LogP contribution in [-0.4, -0.2) is 29.0 Å². The summed E-state index contributed by atoms with van der Waals surface area (Å²) in [6.45, 7) is 6.05. The van der Waals surface area contributed by atoms with E-state index in [0.717, 1.165) is 31.7 Å². The number of ether oxygens (including phenoxy) is 1. The van der Waals surface area contributed by atoms with Gasteiger partial charge in [0.1, 0.15) is 0 Å². The molecule has 4 nitrogen and oxygen atoms in total. The van der Waals surface area contributed by atoms with Gasteiger partial charge in [-0.15, -0.1) is 0 Å². The second kappa shape index (κ2) is 5.34. The van der Waals surface area contributed by atoms with Crippen molar-refractivity contribution in [1.29, 1.82) is 0 Å². The molecular weight excluding hydrogens is 202 g/mol. The molecular formula is C12H21N3O. The van der Waals surface area contributed by atoms with Crippen LogP contribution in [0.1, 0.15) is 39.2 Å². The maximum atomic E-state index is 5.45. The topological polar surface area (TPSA) is 39.1 Å². The van der Waals surface area contributed by atoms with Gasteiger partial charge in [-0.3, -0.25) is 4.68 Å². The molecule has 2 heterocycles. The van der Waals surface area contributed by atoms with Gasteiger partial charge >= 0.3 is 0 Å². The van der Waals surface area contributed by atoms with Crippen LogP contribution in [-0.2, 0) is 4.74 Å². The van der Waals surface area contributed by atoms with Gasteiger partial charge in [0.25, 0.3) is 0 Å². The molecule has 0 spiro atoms. The molecule has 1 saturated heterocycles. The fourth-order valence-corrected chi connectivity index (χ4v) is 1.98. The van der Waals surface area contributed by atoms with Crippen LogP contribution in [0.4, 0.5) is 5.69 Å². The lowest BCUT2D eigenvalue weighted by molar-refractivity contribution is 0.144. The maximum absolute atomic E-state index is 5.45. The lowest BCUT2D eigenvalue weighted by Gasteiger charge is -2.15. The Morgan fingerprint density at radius 3 is 3.06 bits per heavy atom. The van der Waals surface area contributed by atoms with E-state index in [-0.39, 0.29) is 0 Å². The fourth-order valence-electron chi connectivity index (χ4n) is 1.98. The molecule has 0 saturated carbocycles. The first-order chi connectivity index (χ1) is 7.75. The van der Waals surface area contributed by atoms with Crippen LogP contribution in [0.25, 0.3) is 0 Å². The summed E-state index contributed by atoms with van der Waals surface area (Å²) in [5.41, 5.74) is 1.13. The van der Waals surface area contributed by atoms with Crippen molar-refractivity contribution in [3.8, 4) is 0 Å². The number of aromatic nitrogens is 2. The molecule has 1 unspecified atom stereocenters. The number of hydrogen-bond donors (Lipinski definition) is 1. The Kier molecular flexibility index (Phi) is 3.83. The zero-order valence-corrected chi connectivity index (χ0v) is 10.1. The van der Waals surface area contributed by atoms with Gasteiger partial charge in [0, 0.05) is 31.5 Å². The monoisotopic (exact) mass is 223 g/mol. The average molecular weight is 223 g/mol. The van der Waals surface area contributed by atoms with Gasteiger partial charge in [-0.25, -0.2) is 0 Å². The third kappa shape index (κ3) is 2.98. The lowest BCUT2D eigenvalue weighted by atomic mass is 10.1. The number of rotatable bonds is 3. The second-order valence-electron chi connectivity index (χ2n) is 4.69. The van der Waals surface area contributed by atoms with E-state index in [9.17, 15) is 0 Å². The van der Waals surface area contributed by atoms with Gasteiger partial charge in [0.05, 0.1) is 11.9 Å². The maximum Gasteiger partial charge on any atom is 0.0728 e.